The van der Waals surface area contributed by atoms with Crippen molar-refractivity contribution in [2.24, 2.45) is 0 Å². The van der Waals surface area contributed by atoms with Gasteiger partial charge in [-0.3, -0.25) is 4.79 Å². The second-order valence-corrected chi connectivity index (χ2v) is 5.71. The van der Waals surface area contributed by atoms with Gasteiger partial charge in [-0.2, -0.15) is 4.98 Å². The summed E-state index contributed by atoms with van der Waals surface area (Å²) < 4.78 is 5.34. The number of hydrogen-bond donors (Lipinski definition) is 0. The van der Waals surface area contributed by atoms with Crippen LogP contribution in [0.4, 0.5) is 0 Å². The van der Waals surface area contributed by atoms with E-state index >= 15 is 0 Å². The SMILES string of the molecule is CCc1noc([C@H]2CCC(=O)N(CCc3ccccc3)C2)n1. The van der Waals surface area contributed by atoms with Crippen molar-refractivity contribution < 1.29 is 9.32 Å². The third-order valence-electron chi connectivity index (χ3n) is 4.16. The van der Waals surface area contributed by atoms with Gasteiger partial charge in [0, 0.05) is 25.9 Å². The van der Waals surface area contributed by atoms with E-state index < -0.39 is 0 Å². The predicted octanol–water partition coefficient (Wildman–Crippen LogP) is 2.58. The number of hydrogen-bond acceptors (Lipinski definition) is 4. The summed E-state index contributed by atoms with van der Waals surface area (Å²) in [5.74, 6) is 1.81. The first-order valence-electron chi connectivity index (χ1n) is 7.90. The summed E-state index contributed by atoms with van der Waals surface area (Å²) in [7, 11) is 0. The number of nitrogens with zero attached hydrogens (tertiary/aromatic N) is 3. The van der Waals surface area contributed by atoms with Crippen LogP contribution in [-0.4, -0.2) is 34.0 Å². The zero-order valence-electron chi connectivity index (χ0n) is 12.9. The van der Waals surface area contributed by atoms with Crippen LogP contribution in [0.2, 0.25) is 0 Å². The molecule has 0 bridgehead atoms. The Bertz CT molecular complexity index is 624. The highest BCUT2D eigenvalue weighted by Crippen LogP contribution is 2.26. The number of rotatable bonds is 5. The minimum absolute atomic E-state index is 0.168. The molecule has 1 aromatic carbocycles. The van der Waals surface area contributed by atoms with Gasteiger partial charge in [0.05, 0.1) is 5.92 Å². The lowest BCUT2D eigenvalue weighted by molar-refractivity contribution is -0.133. The van der Waals surface area contributed by atoms with Gasteiger partial charge in [-0.15, -0.1) is 0 Å². The maximum atomic E-state index is 12.1. The monoisotopic (exact) mass is 299 g/mol. The first kappa shape index (κ1) is 14.8. The molecule has 0 saturated carbocycles. The molecular weight excluding hydrogens is 278 g/mol. The van der Waals surface area contributed by atoms with Crippen LogP contribution in [0.15, 0.2) is 34.9 Å². The fraction of sp³-hybridized carbons (Fsp3) is 0.471. The molecule has 116 valence electrons. The number of aryl methyl sites for hydroxylation is 1. The summed E-state index contributed by atoms with van der Waals surface area (Å²) in [6.07, 6.45) is 3.01. The highest BCUT2D eigenvalue weighted by molar-refractivity contribution is 5.77. The lowest BCUT2D eigenvalue weighted by atomic mass is 9.97. The minimum Gasteiger partial charge on any atom is -0.342 e. The van der Waals surface area contributed by atoms with E-state index in [1.54, 1.807) is 0 Å². The first-order valence-corrected chi connectivity index (χ1v) is 7.90. The van der Waals surface area contributed by atoms with Gasteiger partial charge in [-0.25, -0.2) is 0 Å². The molecule has 0 aliphatic carbocycles. The van der Waals surface area contributed by atoms with Crippen molar-refractivity contribution in [1.29, 1.82) is 0 Å². The normalized spacial score (nSPS) is 18.7. The van der Waals surface area contributed by atoms with Gasteiger partial charge in [0.25, 0.3) is 0 Å². The average Bonchev–Trinajstić information content (AvgIpc) is 3.04. The molecule has 1 aromatic heterocycles. The third kappa shape index (κ3) is 3.35. The molecule has 5 heteroatoms. The third-order valence-corrected chi connectivity index (χ3v) is 4.16. The van der Waals surface area contributed by atoms with Crippen molar-refractivity contribution in [3.63, 3.8) is 0 Å². The molecule has 1 aliphatic rings. The Morgan fingerprint density at radius 2 is 2.14 bits per heavy atom. The van der Waals surface area contributed by atoms with Crippen LogP contribution in [0, 0.1) is 0 Å². The first-order chi connectivity index (χ1) is 10.8. The topological polar surface area (TPSA) is 59.2 Å². The number of likely N-dealkylation sites (tertiary alicyclic amines) is 1. The lowest BCUT2D eigenvalue weighted by Gasteiger charge is -2.31. The summed E-state index contributed by atoms with van der Waals surface area (Å²) in [5, 5.41) is 3.96. The molecule has 3 rings (SSSR count). The highest BCUT2D eigenvalue weighted by Gasteiger charge is 2.29. The Morgan fingerprint density at radius 1 is 1.32 bits per heavy atom. The van der Waals surface area contributed by atoms with Gasteiger partial charge in [-0.1, -0.05) is 42.4 Å². The van der Waals surface area contributed by atoms with Crippen LogP contribution in [0.25, 0.3) is 0 Å². The van der Waals surface area contributed by atoms with E-state index in [-0.39, 0.29) is 11.8 Å². The quantitative estimate of drug-likeness (QED) is 0.851. The van der Waals surface area contributed by atoms with Crippen molar-refractivity contribution in [2.75, 3.05) is 13.1 Å². The standard InChI is InChI=1S/C17H21N3O2/c1-2-15-18-17(22-19-15)14-8-9-16(21)20(12-14)11-10-13-6-4-3-5-7-13/h3-7,14H,2,8-12H2,1H3/t14-/m0/s1. The molecular formula is C17H21N3O2. The number of carbonyl (C=O) groups excluding carboxylic acids is 1. The molecule has 2 heterocycles. The van der Waals surface area contributed by atoms with Crippen molar-refractivity contribution in [3.8, 4) is 0 Å². The van der Waals surface area contributed by atoms with E-state index in [0.717, 1.165) is 31.6 Å². The summed E-state index contributed by atoms with van der Waals surface area (Å²) in [4.78, 5) is 18.5. The number of benzene rings is 1. The van der Waals surface area contributed by atoms with E-state index in [9.17, 15) is 4.79 Å². The minimum atomic E-state index is 0.168. The predicted molar refractivity (Wildman–Crippen MR) is 82.4 cm³/mol. The molecule has 2 aromatic rings. The summed E-state index contributed by atoms with van der Waals surface area (Å²) in [6, 6.07) is 10.3. The molecule has 0 radical (unpaired) electrons. The zero-order valence-corrected chi connectivity index (χ0v) is 12.9. The molecule has 22 heavy (non-hydrogen) atoms. The van der Waals surface area contributed by atoms with Crippen molar-refractivity contribution in [1.82, 2.24) is 15.0 Å². The van der Waals surface area contributed by atoms with E-state index in [4.69, 9.17) is 4.52 Å². The van der Waals surface area contributed by atoms with Gasteiger partial charge < -0.3 is 9.42 Å². The average molecular weight is 299 g/mol. The van der Waals surface area contributed by atoms with E-state index in [1.807, 2.05) is 30.0 Å². The van der Waals surface area contributed by atoms with E-state index in [0.29, 0.717) is 18.9 Å². The Hall–Kier alpha value is -2.17. The summed E-state index contributed by atoms with van der Waals surface area (Å²) >= 11 is 0. The largest absolute Gasteiger partial charge is 0.342 e. The van der Waals surface area contributed by atoms with Gasteiger partial charge in [-0.05, 0) is 18.4 Å². The molecule has 5 nitrogen and oxygen atoms in total. The van der Waals surface area contributed by atoms with Gasteiger partial charge in [0.15, 0.2) is 5.82 Å². The van der Waals surface area contributed by atoms with E-state index in [1.165, 1.54) is 5.56 Å². The fourth-order valence-corrected chi connectivity index (χ4v) is 2.82. The van der Waals surface area contributed by atoms with E-state index in [2.05, 4.69) is 22.3 Å². The van der Waals surface area contributed by atoms with Crippen molar-refractivity contribution in [2.45, 2.75) is 38.5 Å². The number of amides is 1. The molecule has 1 fully saturated rings. The second-order valence-electron chi connectivity index (χ2n) is 5.71. The lowest BCUT2D eigenvalue weighted by Crippen LogP contribution is -2.40. The van der Waals surface area contributed by atoms with Crippen LogP contribution in [-0.2, 0) is 17.6 Å². The van der Waals surface area contributed by atoms with Crippen LogP contribution >= 0.6 is 0 Å². The molecule has 0 N–H and O–H groups in total. The van der Waals surface area contributed by atoms with Gasteiger partial charge in [0.2, 0.25) is 11.8 Å². The highest BCUT2D eigenvalue weighted by atomic mass is 16.5. The maximum Gasteiger partial charge on any atom is 0.231 e. The van der Waals surface area contributed by atoms with Crippen LogP contribution in [0.1, 0.15) is 43.0 Å². The number of aromatic nitrogens is 2. The Morgan fingerprint density at radius 3 is 2.86 bits per heavy atom. The van der Waals surface area contributed by atoms with Crippen LogP contribution in [0.3, 0.4) is 0 Å². The van der Waals surface area contributed by atoms with Gasteiger partial charge >= 0.3 is 0 Å². The zero-order chi connectivity index (χ0) is 15.4. The van der Waals surface area contributed by atoms with Crippen LogP contribution < -0.4 is 0 Å². The van der Waals surface area contributed by atoms with Crippen molar-refractivity contribution >= 4 is 5.91 Å². The summed E-state index contributed by atoms with van der Waals surface area (Å²) in [5.41, 5.74) is 1.25. The molecule has 0 spiro atoms. The van der Waals surface area contributed by atoms with Gasteiger partial charge in [0.1, 0.15) is 0 Å². The fourth-order valence-electron chi connectivity index (χ4n) is 2.82. The van der Waals surface area contributed by atoms with Crippen molar-refractivity contribution in [3.05, 3.63) is 47.6 Å². The molecule has 0 unspecified atom stereocenters. The number of piperidine rings is 1. The smallest absolute Gasteiger partial charge is 0.231 e. The Labute approximate surface area is 130 Å². The number of carbonyl (C=O) groups is 1. The Balaban J connectivity index is 1.62. The molecule has 1 amide bonds. The molecule has 1 atom stereocenters. The second kappa shape index (κ2) is 6.73. The Kier molecular flexibility index (Phi) is 4.51. The summed E-state index contributed by atoms with van der Waals surface area (Å²) in [6.45, 7) is 3.43. The van der Waals surface area contributed by atoms with Crippen LogP contribution in [0.5, 0.6) is 0 Å². The molecule has 1 saturated heterocycles. The maximum absolute atomic E-state index is 12.1. The molecule has 1 aliphatic heterocycles.